The first-order valence-corrected chi connectivity index (χ1v) is 20.4. The highest BCUT2D eigenvalue weighted by Crippen LogP contribution is 2.43. The van der Waals surface area contributed by atoms with Crippen molar-refractivity contribution in [3.8, 4) is 11.8 Å². The number of rotatable bonds is 12. The fourth-order valence-corrected chi connectivity index (χ4v) is 8.81. The topological polar surface area (TPSA) is 147 Å². The Balaban J connectivity index is 1.01. The van der Waals surface area contributed by atoms with Crippen molar-refractivity contribution in [3.63, 3.8) is 0 Å². The summed E-state index contributed by atoms with van der Waals surface area (Å²) in [4.78, 5) is 55.9. The van der Waals surface area contributed by atoms with Crippen molar-refractivity contribution in [2.75, 3.05) is 40.1 Å². The third-order valence-corrected chi connectivity index (χ3v) is 12.0. The number of imide groups is 1. The molecule has 3 aromatic carbocycles. The van der Waals surface area contributed by atoms with E-state index in [9.17, 15) is 37.6 Å². The number of nitrogens with zero attached hydrogens (tertiary/aromatic N) is 4. The van der Waals surface area contributed by atoms with E-state index in [0.717, 1.165) is 50.0 Å². The second-order valence-corrected chi connectivity index (χ2v) is 16.5. The van der Waals surface area contributed by atoms with Gasteiger partial charge in [0.15, 0.2) is 5.50 Å². The van der Waals surface area contributed by atoms with Gasteiger partial charge in [-0.3, -0.25) is 34.3 Å². The molecule has 0 unspecified atom stereocenters. The molecule has 3 aromatic rings. The average molecular weight is 854 g/mol. The van der Waals surface area contributed by atoms with Gasteiger partial charge in [-0.15, -0.1) is 12.6 Å². The summed E-state index contributed by atoms with van der Waals surface area (Å²) in [6, 6.07) is 14.4. The number of alkyl halides is 3. The van der Waals surface area contributed by atoms with Crippen molar-refractivity contribution in [3.05, 3.63) is 76.3 Å². The van der Waals surface area contributed by atoms with Gasteiger partial charge < -0.3 is 20.3 Å². The quantitative estimate of drug-likeness (QED) is 0.108. The lowest BCUT2D eigenvalue weighted by atomic mass is 9.93. The van der Waals surface area contributed by atoms with E-state index in [0.29, 0.717) is 53.2 Å². The normalized spacial score (nSPS) is 20.6. The van der Waals surface area contributed by atoms with Crippen LogP contribution < -0.4 is 30.5 Å². The van der Waals surface area contributed by atoms with Crippen molar-refractivity contribution in [2.24, 2.45) is 5.92 Å². The van der Waals surface area contributed by atoms with Gasteiger partial charge in [-0.2, -0.15) is 18.4 Å². The Labute approximate surface area is 351 Å². The second kappa shape index (κ2) is 17.7. The second-order valence-electron chi connectivity index (χ2n) is 15.6. The van der Waals surface area contributed by atoms with Gasteiger partial charge in [0.2, 0.25) is 17.7 Å². The first kappa shape index (κ1) is 43.6. The molecule has 3 fully saturated rings. The van der Waals surface area contributed by atoms with Crippen LogP contribution in [0.15, 0.2) is 54.6 Å². The molecular formula is C42H47ClF3N7O5S. The molecule has 12 nitrogen and oxygen atoms in total. The van der Waals surface area contributed by atoms with E-state index >= 15 is 0 Å². The molecule has 314 valence electrons. The van der Waals surface area contributed by atoms with Gasteiger partial charge in [0.05, 0.1) is 29.8 Å². The molecule has 0 bridgehead atoms. The van der Waals surface area contributed by atoms with Crippen LogP contribution in [-0.2, 0) is 31.8 Å². The Morgan fingerprint density at radius 2 is 1.75 bits per heavy atom. The van der Waals surface area contributed by atoms with E-state index in [-0.39, 0.29) is 23.9 Å². The van der Waals surface area contributed by atoms with E-state index in [2.05, 4.69) is 20.9 Å². The van der Waals surface area contributed by atoms with Crippen molar-refractivity contribution >= 4 is 70.6 Å². The molecule has 6 rings (SSSR count). The lowest BCUT2D eigenvalue weighted by Gasteiger charge is -2.35. The van der Waals surface area contributed by atoms with E-state index in [1.54, 1.807) is 43.0 Å². The number of anilines is 4. The lowest BCUT2D eigenvalue weighted by molar-refractivity contribution is -0.138. The maximum absolute atomic E-state index is 13.8. The monoisotopic (exact) mass is 853 g/mol. The molecule has 0 saturated carbocycles. The molecule has 3 aliphatic heterocycles. The maximum atomic E-state index is 13.8. The fraction of sp³-hybridized carbons (Fsp3) is 0.452. The largest absolute Gasteiger partial charge is 0.493 e. The van der Waals surface area contributed by atoms with E-state index < -0.39 is 52.2 Å². The zero-order valence-electron chi connectivity index (χ0n) is 33.2. The van der Waals surface area contributed by atoms with Gasteiger partial charge in [-0.25, -0.2) is 0 Å². The number of thiol groups is 1. The number of hydrogen-bond donors (Lipinski definition) is 4. The number of piperidine rings is 2. The predicted octanol–water partition coefficient (Wildman–Crippen LogP) is 7.36. The third-order valence-electron chi connectivity index (χ3n) is 11.3. The molecule has 0 radical (unpaired) electrons. The minimum absolute atomic E-state index is 0.00893. The SMILES string of the molecule is CCc1cc(N2[C@H](S)N(c3ccc(C#N)c(C(F)(F)F)c3)C(=O)C2(C)C)ccc1OCCC1CCN([C@@H](C)C(=O)Nc2cc(Cl)cc(N[C@H]3CCC(=O)NC3=O)c2)CC1. The smallest absolute Gasteiger partial charge is 0.417 e. The molecule has 3 N–H and O–H groups in total. The summed E-state index contributed by atoms with van der Waals surface area (Å²) in [6.07, 6.45) is -0.969. The summed E-state index contributed by atoms with van der Waals surface area (Å²) in [7, 11) is 0. The number of ether oxygens (including phenoxy) is 1. The highest BCUT2D eigenvalue weighted by atomic mass is 35.5. The van der Waals surface area contributed by atoms with Crippen LogP contribution >= 0.6 is 24.2 Å². The number of benzene rings is 3. The summed E-state index contributed by atoms with van der Waals surface area (Å²) in [6.45, 7) is 9.20. The Morgan fingerprint density at radius 3 is 2.41 bits per heavy atom. The van der Waals surface area contributed by atoms with Gasteiger partial charge in [-0.05, 0) is 132 Å². The van der Waals surface area contributed by atoms with Gasteiger partial charge >= 0.3 is 6.18 Å². The molecular weight excluding hydrogens is 807 g/mol. The van der Waals surface area contributed by atoms with Crippen molar-refractivity contribution < 1.29 is 37.1 Å². The Hall–Kier alpha value is -4.98. The molecule has 0 spiro atoms. The Bertz CT molecular complexity index is 2160. The predicted molar refractivity (Wildman–Crippen MR) is 223 cm³/mol. The van der Waals surface area contributed by atoms with Crippen LogP contribution in [0, 0.1) is 17.2 Å². The van der Waals surface area contributed by atoms with Gasteiger partial charge in [0.25, 0.3) is 5.91 Å². The minimum atomic E-state index is -4.78. The van der Waals surface area contributed by atoms with Crippen molar-refractivity contribution in [2.45, 2.75) is 95.5 Å². The number of carbonyl (C=O) groups excluding carboxylic acids is 4. The van der Waals surface area contributed by atoms with Crippen LogP contribution in [0.5, 0.6) is 5.75 Å². The Morgan fingerprint density at radius 1 is 1.05 bits per heavy atom. The van der Waals surface area contributed by atoms with Gasteiger partial charge in [0, 0.05) is 34.2 Å². The molecule has 3 atom stereocenters. The number of amides is 4. The standard InChI is InChI=1S/C42H47ClF3N7O5S/c1-5-26-18-32(53-40(59)52(39(57)41(53,3)4)31-7-6-27(23-47)33(22-31)42(44,45)46)8-10-35(26)58-17-14-25-12-15-51(16-13-25)24(2)37(55)49-30-20-28(43)19-29(21-30)48-34-9-11-36(54)50-38(34)56/h6-8,10,18-22,24-25,34,40,48,59H,5,9,11-17H2,1-4H3,(H,49,55)(H,50,54,56)/t24-,34-,40+/m0/s1. The molecule has 4 amide bonds. The molecule has 59 heavy (non-hydrogen) atoms. The summed E-state index contributed by atoms with van der Waals surface area (Å²) >= 11 is 11.1. The zero-order valence-corrected chi connectivity index (χ0v) is 34.8. The molecule has 0 aromatic heterocycles. The van der Waals surface area contributed by atoms with Crippen LogP contribution in [0.2, 0.25) is 5.02 Å². The average Bonchev–Trinajstić information content (AvgIpc) is 3.36. The molecule has 0 aliphatic carbocycles. The van der Waals surface area contributed by atoms with E-state index in [1.165, 1.54) is 11.0 Å². The summed E-state index contributed by atoms with van der Waals surface area (Å²) in [5, 5.41) is 18.0. The van der Waals surface area contributed by atoms with Crippen molar-refractivity contribution in [1.29, 1.82) is 5.26 Å². The molecule has 17 heteroatoms. The van der Waals surface area contributed by atoms with Crippen LogP contribution in [0.4, 0.5) is 35.9 Å². The van der Waals surface area contributed by atoms with Crippen LogP contribution in [-0.4, -0.2) is 71.3 Å². The summed E-state index contributed by atoms with van der Waals surface area (Å²) in [5.74, 6) is -0.231. The summed E-state index contributed by atoms with van der Waals surface area (Å²) in [5.41, 5.74) is -1.14. The van der Waals surface area contributed by atoms with Gasteiger partial charge in [-0.1, -0.05) is 18.5 Å². The minimum Gasteiger partial charge on any atom is -0.493 e. The third kappa shape index (κ3) is 9.58. The number of nitrogens with one attached hydrogen (secondary N) is 3. The van der Waals surface area contributed by atoms with E-state index in [1.807, 2.05) is 32.0 Å². The van der Waals surface area contributed by atoms with Crippen LogP contribution in [0.3, 0.4) is 0 Å². The molecule has 3 saturated heterocycles. The van der Waals surface area contributed by atoms with Gasteiger partial charge in [0.1, 0.15) is 17.3 Å². The maximum Gasteiger partial charge on any atom is 0.417 e. The molecule has 3 heterocycles. The number of hydrogen-bond acceptors (Lipinski definition) is 10. The fourth-order valence-electron chi connectivity index (χ4n) is 7.91. The highest BCUT2D eigenvalue weighted by molar-refractivity contribution is 7.81. The number of halogens is 4. The van der Waals surface area contributed by atoms with Crippen LogP contribution in [0.1, 0.15) is 76.5 Å². The number of likely N-dealkylation sites (tertiary alicyclic amines) is 1. The number of aryl methyl sites for hydroxylation is 1. The Kier molecular flexibility index (Phi) is 13.1. The first-order chi connectivity index (χ1) is 27.9. The van der Waals surface area contributed by atoms with E-state index in [4.69, 9.17) is 29.0 Å². The zero-order chi connectivity index (χ0) is 42.8. The lowest BCUT2D eigenvalue weighted by Crippen LogP contribution is -2.47. The number of nitriles is 1. The highest BCUT2D eigenvalue weighted by Gasteiger charge is 2.52. The van der Waals surface area contributed by atoms with Crippen LogP contribution in [0.25, 0.3) is 0 Å². The molecule has 3 aliphatic rings. The van der Waals surface area contributed by atoms with Crippen molar-refractivity contribution in [1.82, 2.24) is 10.2 Å². The summed E-state index contributed by atoms with van der Waals surface area (Å²) < 4.78 is 47.7. The number of carbonyl (C=O) groups is 4. The first-order valence-electron chi connectivity index (χ1n) is 19.5.